The average Bonchev–Trinajstić information content (AvgIpc) is 2.78. The third kappa shape index (κ3) is 3.02. The van der Waals surface area contributed by atoms with E-state index in [0.717, 1.165) is 10.9 Å². The van der Waals surface area contributed by atoms with Gasteiger partial charge in [0.05, 0.1) is 6.10 Å². The van der Waals surface area contributed by atoms with E-state index in [1.54, 1.807) is 6.07 Å². The number of amides is 1. The lowest BCUT2D eigenvalue weighted by Crippen LogP contribution is -2.34. The van der Waals surface area contributed by atoms with Gasteiger partial charge in [0, 0.05) is 11.9 Å². The van der Waals surface area contributed by atoms with Crippen LogP contribution in [0.15, 0.2) is 22.6 Å². The van der Waals surface area contributed by atoms with Crippen molar-refractivity contribution < 1.29 is 14.3 Å². The molecular weight excluding hydrogens is 254 g/mol. The maximum absolute atomic E-state index is 12.0. The molecule has 1 unspecified atom stereocenters. The Bertz CT molecular complexity index is 589. The second-order valence-corrected chi connectivity index (χ2v) is 5.61. The minimum Gasteiger partial charge on any atom is -0.451 e. The first-order valence-corrected chi connectivity index (χ1v) is 6.85. The van der Waals surface area contributed by atoms with Crippen molar-refractivity contribution >= 4 is 16.9 Å². The van der Waals surface area contributed by atoms with Crippen molar-refractivity contribution in [1.82, 2.24) is 5.32 Å². The zero-order valence-corrected chi connectivity index (χ0v) is 12.4. The van der Waals surface area contributed by atoms with Gasteiger partial charge in [0.1, 0.15) is 5.58 Å². The van der Waals surface area contributed by atoms with Crippen molar-refractivity contribution in [1.29, 1.82) is 0 Å². The van der Waals surface area contributed by atoms with E-state index in [2.05, 4.69) is 5.32 Å². The number of nitrogens with one attached hydrogen (secondary N) is 1. The van der Waals surface area contributed by atoms with E-state index < -0.39 is 6.10 Å². The molecule has 0 aliphatic heterocycles. The van der Waals surface area contributed by atoms with Crippen LogP contribution in [0.3, 0.4) is 0 Å². The number of furan rings is 1. The highest BCUT2D eigenvalue weighted by Gasteiger charge is 2.15. The molecule has 20 heavy (non-hydrogen) atoms. The molecule has 2 aromatic rings. The van der Waals surface area contributed by atoms with Gasteiger partial charge in [-0.25, -0.2) is 0 Å². The van der Waals surface area contributed by atoms with Crippen molar-refractivity contribution in [2.75, 3.05) is 6.54 Å². The number of aliphatic hydroxyl groups is 1. The number of aryl methyl sites for hydroxylation is 2. The third-order valence-electron chi connectivity index (χ3n) is 3.60. The van der Waals surface area contributed by atoms with Crippen molar-refractivity contribution in [3.63, 3.8) is 0 Å². The molecule has 1 aromatic carbocycles. The molecule has 2 rings (SSSR count). The van der Waals surface area contributed by atoms with Gasteiger partial charge >= 0.3 is 0 Å². The molecule has 4 nitrogen and oxygen atoms in total. The Hall–Kier alpha value is -1.81. The second-order valence-electron chi connectivity index (χ2n) is 5.61. The molecule has 1 aromatic heterocycles. The molecule has 0 saturated carbocycles. The number of hydrogen-bond donors (Lipinski definition) is 2. The Balaban J connectivity index is 2.14. The smallest absolute Gasteiger partial charge is 0.287 e. The first kappa shape index (κ1) is 14.6. The van der Waals surface area contributed by atoms with Gasteiger partial charge in [-0.2, -0.15) is 0 Å². The van der Waals surface area contributed by atoms with Gasteiger partial charge in [-0.1, -0.05) is 13.8 Å². The highest BCUT2D eigenvalue weighted by Crippen LogP contribution is 2.23. The summed E-state index contributed by atoms with van der Waals surface area (Å²) in [6.45, 7) is 8.08. The normalized spacial score (nSPS) is 12.9. The van der Waals surface area contributed by atoms with Gasteiger partial charge in [0.2, 0.25) is 0 Å². The molecule has 4 heteroatoms. The number of hydrogen-bond acceptors (Lipinski definition) is 3. The highest BCUT2D eigenvalue weighted by molar-refractivity contribution is 5.96. The lowest BCUT2D eigenvalue weighted by molar-refractivity contribution is 0.0849. The largest absolute Gasteiger partial charge is 0.451 e. The number of fused-ring (bicyclic) bond motifs is 1. The molecule has 1 atom stereocenters. The maximum Gasteiger partial charge on any atom is 0.287 e. The van der Waals surface area contributed by atoms with E-state index >= 15 is 0 Å². The molecule has 0 spiro atoms. The lowest BCUT2D eigenvalue weighted by atomic mass is 10.1. The van der Waals surface area contributed by atoms with Crippen molar-refractivity contribution in [2.45, 2.75) is 33.8 Å². The summed E-state index contributed by atoms with van der Waals surface area (Å²) in [6.07, 6.45) is -0.548. The summed E-state index contributed by atoms with van der Waals surface area (Å²) in [7, 11) is 0. The van der Waals surface area contributed by atoms with Crippen LogP contribution >= 0.6 is 0 Å². The fraction of sp³-hybridized carbons (Fsp3) is 0.438. The van der Waals surface area contributed by atoms with E-state index in [-0.39, 0.29) is 24.1 Å². The van der Waals surface area contributed by atoms with Crippen LogP contribution in [0.4, 0.5) is 0 Å². The van der Waals surface area contributed by atoms with Gasteiger partial charge in [0.25, 0.3) is 5.91 Å². The monoisotopic (exact) mass is 275 g/mol. The fourth-order valence-electron chi connectivity index (χ4n) is 1.93. The summed E-state index contributed by atoms with van der Waals surface area (Å²) in [4.78, 5) is 12.0. The molecule has 108 valence electrons. The fourth-order valence-corrected chi connectivity index (χ4v) is 1.93. The van der Waals surface area contributed by atoms with Gasteiger partial charge in [-0.05, 0) is 49.1 Å². The van der Waals surface area contributed by atoms with Crippen LogP contribution in [-0.2, 0) is 0 Å². The minimum atomic E-state index is -0.548. The van der Waals surface area contributed by atoms with Gasteiger partial charge < -0.3 is 14.8 Å². The summed E-state index contributed by atoms with van der Waals surface area (Å²) >= 11 is 0. The summed E-state index contributed by atoms with van der Waals surface area (Å²) < 4.78 is 5.56. The van der Waals surface area contributed by atoms with E-state index in [0.29, 0.717) is 5.58 Å². The van der Waals surface area contributed by atoms with Crippen LogP contribution in [0, 0.1) is 19.8 Å². The predicted molar refractivity (Wildman–Crippen MR) is 78.9 cm³/mol. The summed E-state index contributed by atoms with van der Waals surface area (Å²) in [5, 5.41) is 13.3. The Kier molecular flexibility index (Phi) is 4.14. The van der Waals surface area contributed by atoms with Crippen LogP contribution in [-0.4, -0.2) is 23.7 Å². The summed E-state index contributed by atoms with van der Waals surface area (Å²) in [6, 6.07) is 5.68. The lowest BCUT2D eigenvalue weighted by Gasteiger charge is -2.14. The number of carbonyl (C=O) groups is 1. The third-order valence-corrected chi connectivity index (χ3v) is 3.60. The molecule has 0 fully saturated rings. The highest BCUT2D eigenvalue weighted by atomic mass is 16.3. The average molecular weight is 275 g/mol. The quantitative estimate of drug-likeness (QED) is 0.902. The molecule has 1 heterocycles. The Labute approximate surface area is 118 Å². The standard InChI is InChI=1S/C16H21NO3/c1-9(2)13(18)8-17-16(19)15-7-12-5-10(3)11(4)6-14(12)20-15/h5-7,9,13,18H,8H2,1-4H3,(H,17,19). The van der Waals surface area contributed by atoms with Gasteiger partial charge in [-0.3, -0.25) is 4.79 Å². The number of carbonyl (C=O) groups excluding carboxylic acids is 1. The maximum atomic E-state index is 12.0. The zero-order chi connectivity index (χ0) is 14.9. The Morgan fingerprint density at radius 2 is 1.90 bits per heavy atom. The molecule has 0 aliphatic carbocycles. The summed E-state index contributed by atoms with van der Waals surface area (Å²) in [5.41, 5.74) is 3.01. The molecule has 0 aliphatic rings. The first-order chi connectivity index (χ1) is 9.38. The molecule has 0 radical (unpaired) electrons. The molecular formula is C16H21NO3. The van der Waals surface area contributed by atoms with Crippen molar-refractivity contribution in [3.05, 3.63) is 35.1 Å². The zero-order valence-electron chi connectivity index (χ0n) is 12.4. The minimum absolute atomic E-state index is 0.108. The van der Waals surface area contributed by atoms with E-state index in [9.17, 15) is 9.90 Å². The van der Waals surface area contributed by atoms with E-state index in [4.69, 9.17) is 4.42 Å². The SMILES string of the molecule is Cc1cc2cc(C(=O)NCC(O)C(C)C)oc2cc1C. The molecule has 1 amide bonds. The first-order valence-electron chi connectivity index (χ1n) is 6.85. The van der Waals surface area contributed by atoms with Crippen molar-refractivity contribution in [2.24, 2.45) is 5.92 Å². The molecule has 0 saturated heterocycles. The second kappa shape index (κ2) is 5.67. The van der Waals surface area contributed by atoms with E-state index in [1.807, 2.05) is 39.8 Å². The van der Waals surface area contributed by atoms with Crippen LogP contribution < -0.4 is 5.32 Å². The summed E-state index contributed by atoms with van der Waals surface area (Å²) in [5.74, 6) is 0.0911. The molecule has 0 bridgehead atoms. The van der Waals surface area contributed by atoms with Crippen LogP contribution in [0.2, 0.25) is 0 Å². The van der Waals surface area contributed by atoms with Crippen molar-refractivity contribution in [3.8, 4) is 0 Å². The number of aliphatic hydroxyl groups excluding tert-OH is 1. The predicted octanol–water partition coefficient (Wildman–Crippen LogP) is 2.80. The van der Waals surface area contributed by atoms with E-state index in [1.165, 1.54) is 5.56 Å². The topological polar surface area (TPSA) is 62.5 Å². The van der Waals surface area contributed by atoms with Crippen LogP contribution in [0.1, 0.15) is 35.5 Å². The van der Waals surface area contributed by atoms with Crippen LogP contribution in [0.5, 0.6) is 0 Å². The Morgan fingerprint density at radius 3 is 2.55 bits per heavy atom. The Morgan fingerprint density at radius 1 is 1.25 bits per heavy atom. The van der Waals surface area contributed by atoms with Gasteiger partial charge in [-0.15, -0.1) is 0 Å². The number of benzene rings is 1. The molecule has 2 N–H and O–H groups in total. The van der Waals surface area contributed by atoms with Crippen LogP contribution in [0.25, 0.3) is 11.0 Å². The number of rotatable bonds is 4. The van der Waals surface area contributed by atoms with Gasteiger partial charge in [0.15, 0.2) is 5.76 Å².